The van der Waals surface area contributed by atoms with Gasteiger partial charge in [0.2, 0.25) is 0 Å². The molecule has 2 aliphatic rings. The zero-order valence-electron chi connectivity index (χ0n) is 16.9. The average molecular weight is 377 g/mol. The third kappa shape index (κ3) is 3.15. The van der Waals surface area contributed by atoms with E-state index in [9.17, 15) is 0 Å². The van der Waals surface area contributed by atoms with Gasteiger partial charge in [0.1, 0.15) is 5.82 Å². The molecule has 146 valence electrons. The molecule has 0 radical (unpaired) electrons. The van der Waals surface area contributed by atoms with Gasteiger partial charge in [-0.2, -0.15) is 4.52 Å². The van der Waals surface area contributed by atoms with Crippen molar-refractivity contribution in [1.82, 2.24) is 25.1 Å². The van der Waals surface area contributed by atoms with Gasteiger partial charge < -0.3 is 10.2 Å². The molecule has 1 fully saturated rings. The molecule has 0 spiro atoms. The van der Waals surface area contributed by atoms with E-state index in [1.165, 1.54) is 11.1 Å². The molecule has 0 bridgehead atoms. The van der Waals surface area contributed by atoms with Gasteiger partial charge >= 0.3 is 0 Å². The third-order valence-electron chi connectivity index (χ3n) is 5.95. The van der Waals surface area contributed by atoms with Crippen LogP contribution in [0.4, 0.5) is 5.82 Å². The first-order valence-corrected chi connectivity index (χ1v) is 10.3. The maximum atomic E-state index is 4.82. The summed E-state index contributed by atoms with van der Waals surface area (Å²) in [6.45, 7) is 9.62. The number of nitrogens with one attached hydrogen (secondary N) is 1. The number of hydrogen-bond donors (Lipinski definition) is 1. The van der Waals surface area contributed by atoms with Crippen LogP contribution in [0.2, 0.25) is 0 Å². The molecule has 0 unspecified atom stereocenters. The van der Waals surface area contributed by atoms with Crippen LogP contribution < -0.4 is 10.2 Å². The molecule has 1 aliphatic heterocycles. The van der Waals surface area contributed by atoms with Crippen LogP contribution in [0.3, 0.4) is 0 Å². The lowest BCUT2D eigenvalue weighted by Gasteiger charge is -2.40. The Balaban J connectivity index is 1.18. The molecule has 28 heavy (non-hydrogen) atoms. The number of anilines is 1. The quantitative estimate of drug-likeness (QED) is 0.759. The van der Waals surface area contributed by atoms with Crippen LogP contribution in [0.25, 0.3) is 5.65 Å². The summed E-state index contributed by atoms with van der Waals surface area (Å²) in [7, 11) is 0. The molecule has 0 saturated carbocycles. The van der Waals surface area contributed by atoms with Gasteiger partial charge in [-0.25, -0.2) is 0 Å². The predicted octanol–water partition coefficient (Wildman–Crippen LogP) is 2.62. The fourth-order valence-corrected chi connectivity index (χ4v) is 4.34. The van der Waals surface area contributed by atoms with Crippen molar-refractivity contribution in [3.8, 4) is 0 Å². The minimum absolute atomic E-state index is 0.0781. The number of nitrogens with zero attached hydrogens (tertiary/aromatic N) is 5. The molecule has 3 heterocycles. The lowest BCUT2D eigenvalue weighted by atomic mass is 9.96. The molecule has 6 heteroatoms. The summed E-state index contributed by atoms with van der Waals surface area (Å²) in [6, 6.07) is 13.5. The van der Waals surface area contributed by atoms with Crippen LogP contribution in [-0.2, 0) is 18.3 Å². The molecule has 6 nitrogen and oxygen atoms in total. The second-order valence-corrected chi connectivity index (χ2v) is 9.29. The second-order valence-electron chi connectivity index (χ2n) is 9.29. The Kier molecular flexibility index (Phi) is 4.12. The van der Waals surface area contributed by atoms with Gasteiger partial charge in [0.15, 0.2) is 11.5 Å². The van der Waals surface area contributed by atoms with E-state index in [1.54, 1.807) is 0 Å². The van der Waals surface area contributed by atoms with Crippen molar-refractivity contribution in [2.45, 2.75) is 45.1 Å². The normalized spacial score (nSPS) is 17.9. The Morgan fingerprint density at radius 3 is 2.39 bits per heavy atom. The van der Waals surface area contributed by atoms with E-state index in [0.717, 1.165) is 49.8 Å². The summed E-state index contributed by atoms with van der Waals surface area (Å²) in [5, 5.41) is 17.2. The Morgan fingerprint density at radius 1 is 1.00 bits per heavy atom. The highest BCUT2D eigenvalue weighted by Gasteiger charge is 2.30. The van der Waals surface area contributed by atoms with Gasteiger partial charge in [0, 0.05) is 37.0 Å². The van der Waals surface area contributed by atoms with Gasteiger partial charge in [-0.1, -0.05) is 45.0 Å². The fraction of sp³-hybridized carbons (Fsp3) is 0.500. The number of hydrogen-bond acceptors (Lipinski definition) is 5. The molecular formula is C22H28N6. The molecule has 1 saturated heterocycles. The van der Waals surface area contributed by atoms with E-state index in [1.807, 2.05) is 10.6 Å². The molecule has 0 amide bonds. The first-order chi connectivity index (χ1) is 13.5. The molecule has 1 aromatic carbocycles. The van der Waals surface area contributed by atoms with Crippen LogP contribution in [-0.4, -0.2) is 45.5 Å². The number of benzene rings is 1. The lowest BCUT2D eigenvalue weighted by Crippen LogP contribution is -2.52. The van der Waals surface area contributed by atoms with Gasteiger partial charge in [-0.05, 0) is 36.1 Å². The molecule has 2 aromatic heterocycles. The highest BCUT2D eigenvalue weighted by atomic mass is 15.4. The highest BCUT2D eigenvalue weighted by molar-refractivity contribution is 5.48. The topological polar surface area (TPSA) is 58.4 Å². The zero-order valence-corrected chi connectivity index (χ0v) is 16.9. The summed E-state index contributed by atoms with van der Waals surface area (Å²) in [5.41, 5.74) is 3.76. The average Bonchev–Trinajstić information content (AvgIpc) is 3.23. The number of aromatic nitrogens is 4. The fourth-order valence-electron chi connectivity index (χ4n) is 4.34. The van der Waals surface area contributed by atoms with Crippen LogP contribution in [0.5, 0.6) is 0 Å². The summed E-state index contributed by atoms with van der Waals surface area (Å²) < 4.78 is 1.90. The summed E-state index contributed by atoms with van der Waals surface area (Å²) in [4.78, 5) is 2.35. The van der Waals surface area contributed by atoms with Gasteiger partial charge in [0.05, 0.1) is 0 Å². The van der Waals surface area contributed by atoms with E-state index in [0.29, 0.717) is 12.0 Å². The Morgan fingerprint density at radius 2 is 1.71 bits per heavy atom. The van der Waals surface area contributed by atoms with Crippen molar-refractivity contribution in [3.05, 3.63) is 53.3 Å². The SMILES string of the molecule is CC(C)(C)c1nnc2ccc(N3CC(CNC4Cc5ccccc5C4)C3)nn12. The lowest BCUT2D eigenvalue weighted by molar-refractivity contribution is 0.360. The van der Waals surface area contributed by atoms with Crippen molar-refractivity contribution in [3.63, 3.8) is 0 Å². The van der Waals surface area contributed by atoms with E-state index in [4.69, 9.17) is 5.10 Å². The van der Waals surface area contributed by atoms with Crippen molar-refractivity contribution < 1.29 is 0 Å². The summed E-state index contributed by atoms with van der Waals surface area (Å²) in [6.07, 6.45) is 2.32. The maximum Gasteiger partial charge on any atom is 0.178 e. The smallest absolute Gasteiger partial charge is 0.178 e. The Labute approximate surface area is 166 Å². The van der Waals surface area contributed by atoms with E-state index >= 15 is 0 Å². The molecule has 0 atom stereocenters. The van der Waals surface area contributed by atoms with Crippen molar-refractivity contribution >= 4 is 11.5 Å². The van der Waals surface area contributed by atoms with Gasteiger partial charge in [-0.3, -0.25) is 0 Å². The van der Waals surface area contributed by atoms with Crippen molar-refractivity contribution in [2.24, 2.45) is 5.92 Å². The standard InChI is InChI=1S/C22H28N6/c1-22(2,3)21-25-24-19-8-9-20(26-28(19)21)27-13-15(14-27)12-23-18-10-16-6-4-5-7-17(16)11-18/h4-9,15,18,23H,10-14H2,1-3H3. The zero-order chi connectivity index (χ0) is 19.3. The molecule has 3 aromatic rings. The van der Waals surface area contributed by atoms with Gasteiger partial charge in [-0.15, -0.1) is 15.3 Å². The van der Waals surface area contributed by atoms with E-state index in [2.05, 4.69) is 71.5 Å². The van der Waals surface area contributed by atoms with Crippen LogP contribution in [0, 0.1) is 5.92 Å². The third-order valence-corrected chi connectivity index (χ3v) is 5.95. The minimum Gasteiger partial charge on any atom is -0.354 e. The van der Waals surface area contributed by atoms with Crippen molar-refractivity contribution in [2.75, 3.05) is 24.5 Å². The molecular weight excluding hydrogens is 348 g/mol. The van der Waals surface area contributed by atoms with Gasteiger partial charge in [0.25, 0.3) is 0 Å². The highest BCUT2D eigenvalue weighted by Crippen LogP contribution is 2.26. The number of fused-ring (bicyclic) bond motifs is 2. The van der Waals surface area contributed by atoms with E-state index < -0.39 is 0 Å². The number of rotatable bonds is 4. The minimum atomic E-state index is -0.0781. The summed E-state index contributed by atoms with van der Waals surface area (Å²) in [5.74, 6) is 2.61. The maximum absolute atomic E-state index is 4.82. The molecule has 5 rings (SSSR count). The molecule has 1 N–H and O–H groups in total. The summed E-state index contributed by atoms with van der Waals surface area (Å²) >= 11 is 0. The van der Waals surface area contributed by atoms with Crippen LogP contribution >= 0.6 is 0 Å². The molecule has 1 aliphatic carbocycles. The van der Waals surface area contributed by atoms with Crippen molar-refractivity contribution in [1.29, 1.82) is 0 Å². The monoisotopic (exact) mass is 376 g/mol. The van der Waals surface area contributed by atoms with Crippen LogP contribution in [0.1, 0.15) is 37.7 Å². The first-order valence-electron chi connectivity index (χ1n) is 10.3. The Bertz CT molecular complexity index is 971. The largest absolute Gasteiger partial charge is 0.354 e. The Hall–Kier alpha value is -2.47. The van der Waals surface area contributed by atoms with E-state index in [-0.39, 0.29) is 5.41 Å². The second kappa shape index (κ2) is 6.55. The van der Waals surface area contributed by atoms with Crippen LogP contribution in [0.15, 0.2) is 36.4 Å². The predicted molar refractivity (Wildman–Crippen MR) is 111 cm³/mol. The first kappa shape index (κ1) is 17.6.